The number of rotatable bonds is 2. The smallest absolute Gasteiger partial charge is 0.248 e. The maximum absolute atomic E-state index is 12.5. The summed E-state index contributed by atoms with van der Waals surface area (Å²) in [6, 6.07) is 0. The number of nitrogens with zero attached hydrogens (tertiary/aromatic N) is 3. The Bertz CT molecular complexity index is 554. The first-order chi connectivity index (χ1) is 8.48. The Balaban J connectivity index is 1.90. The van der Waals surface area contributed by atoms with Crippen molar-refractivity contribution in [2.75, 3.05) is 18.8 Å². The van der Waals surface area contributed by atoms with Gasteiger partial charge >= 0.3 is 0 Å². The summed E-state index contributed by atoms with van der Waals surface area (Å²) in [6.07, 6.45) is 5.02. The van der Waals surface area contributed by atoms with Gasteiger partial charge in [-0.2, -0.15) is 9.40 Å². The van der Waals surface area contributed by atoms with Gasteiger partial charge in [0.1, 0.15) is 4.90 Å². The van der Waals surface area contributed by atoms with Gasteiger partial charge in [-0.15, -0.1) is 0 Å². The largest absolute Gasteiger partial charge is 0.381 e. The molecule has 100 valence electrons. The van der Waals surface area contributed by atoms with Crippen LogP contribution < -0.4 is 5.73 Å². The molecule has 0 radical (unpaired) electrons. The highest BCUT2D eigenvalue weighted by molar-refractivity contribution is 7.89. The third-order valence-corrected chi connectivity index (χ3v) is 5.98. The lowest BCUT2D eigenvalue weighted by molar-refractivity contribution is 0.445. The number of sulfonamides is 1. The summed E-state index contributed by atoms with van der Waals surface area (Å²) >= 11 is 0. The first-order valence-corrected chi connectivity index (χ1v) is 7.72. The van der Waals surface area contributed by atoms with Crippen LogP contribution in [0.3, 0.4) is 0 Å². The van der Waals surface area contributed by atoms with Gasteiger partial charge in [-0.3, -0.25) is 4.68 Å². The standard InChI is InChI=1S/C11H18N4O2S/c1-14-7-10(11(12)13-14)18(16,17)15-5-8-3-2-4-9(8)6-15/h7-9H,2-6H2,1H3,(H2,12,13). The Morgan fingerprint density at radius 1 is 1.33 bits per heavy atom. The first-order valence-electron chi connectivity index (χ1n) is 6.28. The van der Waals surface area contributed by atoms with Gasteiger partial charge in [-0.05, 0) is 24.7 Å². The van der Waals surface area contributed by atoms with Gasteiger partial charge in [0.15, 0.2) is 5.82 Å². The fourth-order valence-corrected chi connectivity index (χ4v) is 4.85. The molecule has 2 atom stereocenters. The normalized spacial score (nSPS) is 28.7. The molecule has 0 aromatic carbocycles. The summed E-state index contributed by atoms with van der Waals surface area (Å²) in [5.74, 6) is 1.17. The molecular formula is C11H18N4O2S. The molecule has 1 saturated heterocycles. The van der Waals surface area contributed by atoms with Gasteiger partial charge < -0.3 is 5.73 Å². The fraction of sp³-hybridized carbons (Fsp3) is 0.727. The second-order valence-electron chi connectivity index (χ2n) is 5.33. The van der Waals surface area contributed by atoms with Gasteiger partial charge in [-0.1, -0.05) is 6.42 Å². The third kappa shape index (κ3) is 1.73. The van der Waals surface area contributed by atoms with Crippen LogP contribution in [0.1, 0.15) is 19.3 Å². The van der Waals surface area contributed by atoms with E-state index in [0.717, 1.165) is 12.8 Å². The lowest BCUT2D eigenvalue weighted by atomic mass is 10.0. The van der Waals surface area contributed by atoms with Crippen molar-refractivity contribution in [1.29, 1.82) is 0 Å². The van der Waals surface area contributed by atoms with Gasteiger partial charge in [-0.25, -0.2) is 8.42 Å². The molecule has 0 amide bonds. The Kier molecular flexibility index (Phi) is 2.63. The van der Waals surface area contributed by atoms with Crippen LogP contribution in [0.25, 0.3) is 0 Å². The summed E-state index contributed by atoms with van der Waals surface area (Å²) in [4.78, 5) is 0.143. The van der Waals surface area contributed by atoms with E-state index in [9.17, 15) is 8.42 Å². The van der Waals surface area contributed by atoms with Crippen LogP contribution in [-0.2, 0) is 17.1 Å². The number of aromatic nitrogens is 2. The molecule has 6 nitrogen and oxygen atoms in total. The van der Waals surface area contributed by atoms with E-state index < -0.39 is 10.0 Å². The highest BCUT2D eigenvalue weighted by Crippen LogP contribution is 2.40. The third-order valence-electron chi connectivity index (χ3n) is 4.13. The summed E-state index contributed by atoms with van der Waals surface area (Å²) < 4.78 is 28.0. The van der Waals surface area contributed by atoms with Gasteiger partial charge in [0.05, 0.1) is 0 Å². The van der Waals surface area contributed by atoms with Crippen LogP contribution >= 0.6 is 0 Å². The van der Waals surface area contributed by atoms with Crippen molar-refractivity contribution in [2.45, 2.75) is 24.2 Å². The molecule has 1 aromatic heterocycles. The van der Waals surface area contributed by atoms with E-state index in [4.69, 9.17) is 5.73 Å². The molecule has 18 heavy (non-hydrogen) atoms. The maximum atomic E-state index is 12.5. The molecule has 7 heteroatoms. The minimum atomic E-state index is -3.47. The summed E-state index contributed by atoms with van der Waals surface area (Å²) in [5.41, 5.74) is 5.67. The van der Waals surface area contributed by atoms with Gasteiger partial charge in [0, 0.05) is 26.3 Å². The fourth-order valence-electron chi connectivity index (χ4n) is 3.21. The van der Waals surface area contributed by atoms with Crippen molar-refractivity contribution < 1.29 is 8.42 Å². The average molecular weight is 270 g/mol. The Morgan fingerprint density at radius 3 is 2.44 bits per heavy atom. The van der Waals surface area contributed by atoms with Crippen LogP contribution in [0.4, 0.5) is 5.82 Å². The maximum Gasteiger partial charge on any atom is 0.248 e. The van der Waals surface area contributed by atoms with E-state index in [1.165, 1.54) is 17.3 Å². The van der Waals surface area contributed by atoms with E-state index in [-0.39, 0.29) is 10.7 Å². The van der Waals surface area contributed by atoms with Crippen molar-refractivity contribution in [3.8, 4) is 0 Å². The SMILES string of the molecule is Cn1cc(S(=O)(=O)N2CC3CCCC3C2)c(N)n1. The monoisotopic (exact) mass is 270 g/mol. The summed E-state index contributed by atoms with van der Waals surface area (Å²) in [6.45, 7) is 1.28. The molecule has 1 aromatic rings. The lowest BCUT2D eigenvalue weighted by Gasteiger charge is -2.16. The molecule has 1 aliphatic heterocycles. The molecule has 2 heterocycles. The van der Waals surface area contributed by atoms with E-state index in [1.807, 2.05) is 0 Å². The highest BCUT2D eigenvalue weighted by Gasteiger charge is 2.42. The molecule has 2 unspecified atom stereocenters. The molecule has 2 aliphatic rings. The topological polar surface area (TPSA) is 81.2 Å². The number of fused-ring (bicyclic) bond motifs is 1. The second kappa shape index (κ2) is 3.96. The minimum Gasteiger partial charge on any atom is -0.381 e. The Morgan fingerprint density at radius 2 is 1.94 bits per heavy atom. The predicted octanol–water partition coefficient (Wildman–Crippen LogP) is 0.423. The molecule has 1 aliphatic carbocycles. The summed E-state index contributed by atoms with van der Waals surface area (Å²) in [5, 5.41) is 3.91. The molecule has 2 N–H and O–H groups in total. The minimum absolute atomic E-state index is 0.0922. The van der Waals surface area contributed by atoms with E-state index in [2.05, 4.69) is 5.10 Å². The van der Waals surface area contributed by atoms with Crippen molar-refractivity contribution in [3.05, 3.63) is 6.20 Å². The van der Waals surface area contributed by atoms with E-state index >= 15 is 0 Å². The Hall–Kier alpha value is -1.08. The van der Waals surface area contributed by atoms with Crippen LogP contribution in [0.5, 0.6) is 0 Å². The lowest BCUT2D eigenvalue weighted by Crippen LogP contribution is -2.30. The molecule has 0 bridgehead atoms. The molecule has 1 saturated carbocycles. The average Bonchev–Trinajstić information content (AvgIpc) is 2.90. The van der Waals surface area contributed by atoms with Gasteiger partial charge in [0.25, 0.3) is 0 Å². The molecule has 2 fully saturated rings. The summed E-state index contributed by atoms with van der Waals surface area (Å²) in [7, 11) is -1.79. The van der Waals surface area contributed by atoms with Crippen molar-refractivity contribution >= 4 is 15.8 Å². The predicted molar refractivity (Wildman–Crippen MR) is 67.2 cm³/mol. The van der Waals surface area contributed by atoms with Crippen molar-refractivity contribution in [3.63, 3.8) is 0 Å². The zero-order chi connectivity index (χ0) is 12.9. The number of aryl methyl sites for hydroxylation is 1. The van der Waals surface area contributed by atoms with Crippen LogP contribution in [0, 0.1) is 11.8 Å². The highest BCUT2D eigenvalue weighted by atomic mass is 32.2. The Labute approximate surface area is 107 Å². The first kappa shape index (κ1) is 12.0. The zero-order valence-electron chi connectivity index (χ0n) is 10.4. The van der Waals surface area contributed by atoms with Crippen molar-refractivity contribution in [1.82, 2.24) is 14.1 Å². The number of nitrogens with two attached hydrogens (primary N) is 1. The van der Waals surface area contributed by atoms with Crippen LogP contribution in [0.2, 0.25) is 0 Å². The number of nitrogen functional groups attached to an aromatic ring is 1. The van der Waals surface area contributed by atoms with Crippen LogP contribution in [0.15, 0.2) is 11.1 Å². The molecular weight excluding hydrogens is 252 g/mol. The van der Waals surface area contributed by atoms with Crippen LogP contribution in [-0.4, -0.2) is 35.6 Å². The van der Waals surface area contributed by atoms with Crippen molar-refractivity contribution in [2.24, 2.45) is 18.9 Å². The second-order valence-corrected chi connectivity index (χ2v) is 7.23. The molecule has 3 rings (SSSR count). The number of hydrogen-bond donors (Lipinski definition) is 1. The number of hydrogen-bond acceptors (Lipinski definition) is 4. The number of anilines is 1. The quantitative estimate of drug-likeness (QED) is 0.844. The van der Waals surface area contributed by atoms with E-state index in [0.29, 0.717) is 24.9 Å². The van der Waals surface area contributed by atoms with E-state index in [1.54, 1.807) is 11.4 Å². The zero-order valence-corrected chi connectivity index (χ0v) is 11.2. The molecule has 0 spiro atoms. The van der Waals surface area contributed by atoms with Gasteiger partial charge in [0.2, 0.25) is 10.0 Å².